The van der Waals surface area contributed by atoms with Gasteiger partial charge in [-0.3, -0.25) is 14.5 Å². The Morgan fingerprint density at radius 2 is 0.919 bits per heavy atom. The third-order valence-electron chi connectivity index (χ3n) is 29.1. The third-order valence-corrected chi connectivity index (χ3v) is 29.6. The van der Waals surface area contributed by atoms with Crippen molar-refractivity contribution < 1.29 is 51.8 Å². The Morgan fingerprint density at radius 3 is 1.40 bits per heavy atom. The van der Waals surface area contributed by atoms with Crippen LogP contribution in [0, 0.1) is 93.7 Å². The molecule has 14 heteroatoms. The van der Waals surface area contributed by atoms with Crippen molar-refractivity contribution in [2.24, 2.45) is 93.7 Å². The van der Waals surface area contributed by atoms with E-state index in [4.69, 9.17) is 42.2 Å². The Hall–Kier alpha value is -4.28. The van der Waals surface area contributed by atoms with Crippen molar-refractivity contribution in [3.63, 3.8) is 0 Å². The van der Waals surface area contributed by atoms with Gasteiger partial charge in [0.25, 0.3) is 0 Å². The van der Waals surface area contributed by atoms with E-state index >= 15 is 0 Å². The lowest BCUT2D eigenvalue weighted by atomic mass is 9.30. The second-order valence-electron chi connectivity index (χ2n) is 38.3. The molecule has 618 valence electrons. The van der Waals surface area contributed by atoms with Gasteiger partial charge in [0, 0.05) is 38.2 Å². The smallest absolute Gasteiger partial charge is 0.237 e. The van der Waals surface area contributed by atoms with Crippen LogP contribution in [0.5, 0.6) is 28.7 Å². The fourth-order valence-corrected chi connectivity index (χ4v) is 23.9. The van der Waals surface area contributed by atoms with Gasteiger partial charge in [-0.25, -0.2) is 0 Å². The van der Waals surface area contributed by atoms with E-state index in [-0.39, 0.29) is 48.6 Å². The quantitative estimate of drug-likeness (QED) is 0.0282. The summed E-state index contributed by atoms with van der Waals surface area (Å²) >= 11 is 0. The standard InChI is InChI=1S/C28H42O2.C27H38O2.C20H29NO4.C12H24O.C10H16O2P2/c1-3-20(2)24-9-11-26(12-10-24)30-27(29-25-7-5-4-6-8-25)19-28-16-21-13-22(17-28)15-23(14-21)18-28;1-4-16(2)19-5-7-20(8-6-19)29-26(28-3)15-27-14-18-10-22-21-9-17(12-24(22)27)13-25(27)23(21)11-18;1-12(2)11-18(24-13(3)4)25-17-9-7-16(8-10-17)21-19(22)14(5)15(6)20(21)23;1-10(2)13-11(3)9-12-7-5-4-6-8-12;1-3-7(2)8-4-5-9(11-13)10(6-8)12-14/h9-12,20-23,25,27H,3-8,13-19H2,1-2H3;5-8,16-18,21-26H,4,9-15H2,1-3H3;7-10,12-15,18H,11H2,1-6H3;10-12H,4-9H2,1-3H3;4-7H,3,13-14H2,1-2H3. The number of hydrogen-bond donors (Lipinski definition) is 0. The van der Waals surface area contributed by atoms with Gasteiger partial charge in [-0.2, -0.15) is 0 Å². The SMILES string of the molecule is CC(C)CC(Oc1ccc(N2C(=O)C(C)C(C)C2=O)cc1)OC(C)C.CC(C)OC(C)CC1CCCCC1.CCC(C)c1ccc(OC(CC23CC4CC(CC(C4)C2)C3)OC2CCCCC2)cc1.CCC(C)c1ccc(OC(CC23CC4CC5C6CC(CC52)CC3C6C4)OC)cc1.CCC(C)c1ccc(OP)c(OP)c1. The van der Waals surface area contributed by atoms with Crippen LogP contribution < -0.4 is 28.2 Å². The number of methoxy groups -OCH3 is 1. The van der Waals surface area contributed by atoms with Crippen LogP contribution >= 0.6 is 18.9 Å². The molecule has 0 N–H and O–H groups in total. The van der Waals surface area contributed by atoms with E-state index in [0.717, 1.165) is 114 Å². The second kappa shape index (κ2) is 40.7. The van der Waals surface area contributed by atoms with Gasteiger partial charge in [-0.1, -0.05) is 151 Å². The molecule has 12 bridgehead atoms. The van der Waals surface area contributed by atoms with E-state index in [0.29, 0.717) is 64.3 Å². The first kappa shape index (κ1) is 87.6. The van der Waals surface area contributed by atoms with Gasteiger partial charge in [0.15, 0.2) is 24.1 Å². The summed E-state index contributed by atoms with van der Waals surface area (Å²) in [5, 5.41) is 0. The normalized spacial score (nSPS) is 30.6. The predicted octanol–water partition coefficient (Wildman–Crippen LogP) is 25.8. The zero-order chi connectivity index (χ0) is 79.3. The molecular formula is C97H149NO11P2. The largest absolute Gasteiger partial charge is 0.476 e. The highest BCUT2D eigenvalue weighted by Gasteiger charge is 2.70. The van der Waals surface area contributed by atoms with Crippen molar-refractivity contribution in [1.29, 1.82) is 0 Å². The molecule has 111 heavy (non-hydrogen) atoms. The Morgan fingerprint density at radius 1 is 0.468 bits per heavy atom. The van der Waals surface area contributed by atoms with Crippen LogP contribution in [0.1, 0.15) is 325 Å². The number of rotatable bonds is 30. The lowest BCUT2D eigenvalue weighted by Crippen LogP contribution is -2.68. The van der Waals surface area contributed by atoms with Crippen molar-refractivity contribution in [3.05, 3.63) is 108 Å². The summed E-state index contributed by atoms with van der Waals surface area (Å²) in [6.07, 6.45) is 40.2. The van der Waals surface area contributed by atoms with E-state index in [1.54, 1.807) is 57.4 Å². The van der Waals surface area contributed by atoms with Gasteiger partial charge in [0.1, 0.15) is 17.2 Å². The molecular weight excluding hydrogens is 1420 g/mol. The molecule has 14 fully saturated rings. The topological polar surface area (TPSA) is 120 Å². The average molecular weight is 1570 g/mol. The van der Waals surface area contributed by atoms with Gasteiger partial charge in [0.05, 0.1) is 49.0 Å². The monoisotopic (exact) mass is 1570 g/mol. The molecule has 2 amide bonds. The third kappa shape index (κ3) is 22.5. The van der Waals surface area contributed by atoms with E-state index < -0.39 is 0 Å². The van der Waals surface area contributed by atoms with Crippen molar-refractivity contribution in [2.75, 3.05) is 12.0 Å². The van der Waals surface area contributed by atoms with Gasteiger partial charge in [0.2, 0.25) is 18.1 Å². The number of amides is 2. The molecule has 15 unspecified atom stereocenters. The van der Waals surface area contributed by atoms with Crippen molar-refractivity contribution >= 4 is 36.4 Å². The molecule has 15 atom stereocenters. The summed E-state index contributed by atoms with van der Waals surface area (Å²) in [5.41, 5.74) is 5.69. The fourth-order valence-electron chi connectivity index (χ4n) is 23.5. The number of imide groups is 1. The van der Waals surface area contributed by atoms with Crippen LogP contribution in [-0.4, -0.2) is 62.2 Å². The minimum Gasteiger partial charge on any atom is -0.476 e. The van der Waals surface area contributed by atoms with Crippen LogP contribution in [0.3, 0.4) is 0 Å². The molecule has 4 aromatic carbocycles. The highest BCUT2D eigenvalue weighted by molar-refractivity contribution is 7.10. The number of benzene rings is 4. The molecule has 1 aliphatic heterocycles. The molecule has 12 nitrogen and oxygen atoms in total. The number of hydrogen-bond acceptors (Lipinski definition) is 11. The number of nitrogens with zero attached hydrogens (tertiary/aromatic N) is 1. The Balaban J connectivity index is 0.000000143. The van der Waals surface area contributed by atoms with E-state index in [2.05, 4.69) is 150 Å². The van der Waals surface area contributed by atoms with Crippen LogP contribution in [0.15, 0.2) is 91.0 Å². The molecule has 14 aliphatic rings. The maximum Gasteiger partial charge on any atom is 0.237 e. The average Bonchev–Trinajstić information content (AvgIpc) is 0.987. The van der Waals surface area contributed by atoms with Crippen LogP contribution in [0.4, 0.5) is 5.69 Å². The highest BCUT2D eigenvalue weighted by atomic mass is 31.0. The maximum absolute atomic E-state index is 12.3. The van der Waals surface area contributed by atoms with E-state index in [9.17, 15) is 9.59 Å². The van der Waals surface area contributed by atoms with Gasteiger partial charge < -0.3 is 42.2 Å². The van der Waals surface area contributed by atoms with Crippen LogP contribution in [0.2, 0.25) is 0 Å². The molecule has 0 aromatic heterocycles. The van der Waals surface area contributed by atoms with Gasteiger partial charge in [-0.05, 0) is 327 Å². The first-order valence-corrected chi connectivity index (χ1v) is 45.8. The number of carbonyl (C=O) groups is 2. The number of carbonyl (C=O) groups excluding carboxylic acids is 2. The summed E-state index contributed by atoms with van der Waals surface area (Å²) in [6.45, 7) is 31.7. The Bertz CT molecular complexity index is 3390. The number of ether oxygens (including phenoxy) is 7. The lowest BCUT2D eigenvalue weighted by Gasteiger charge is -2.75. The van der Waals surface area contributed by atoms with E-state index in [1.807, 2.05) is 33.1 Å². The Kier molecular flexibility index (Phi) is 32.1. The lowest BCUT2D eigenvalue weighted by molar-refractivity contribution is -0.272. The summed E-state index contributed by atoms with van der Waals surface area (Å²) < 4.78 is 53.5. The molecule has 4 aromatic rings. The van der Waals surface area contributed by atoms with Crippen LogP contribution in [0.25, 0.3) is 0 Å². The maximum atomic E-state index is 12.3. The molecule has 13 saturated carbocycles. The molecule has 18 rings (SSSR count). The van der Waals surface area contributed by atoms with Gasteiger partial charge >= 0.3 is 0 Å². The summed E-state index contributed by atoms with van der Waals surface area (Å²) in [4.78, 5) is 25.8. The zero-order valence-corrected chi connectivity index (χ0v) is 73.9. The van der Waals surface area contributed by atoms with Crippen molar-refractivity contribution in [1.82, 2.24) is 0 Å². The number of anilines is 1. The highest BCUT2D eigenvalue weighted by Crippen LogP contribution is 2.77. The molecule has 0 spiro atoms. The second-order valence-corrected chi connectivity index (χ2v) is 38.8. The molecule has 1 heterocycles. The first-order chi connectivity index (χ1) is 53.3. The van der Waals surface area contributed by atoms with Crippen molar-refractivity contribution in [3.8, 4) is 28.7 Å². The van der Waals surface area contributed by atoms with Crippen LogP contribution in [-0.2, 0) is 28.5 Å². The summed E-state index contributed by atoms with van der Waals surface area (Å²) in [7, 11) is 6.31. The molecule has 0 radical (unpaired) electrons. The van der Waals surface area contributed by atoms with Gasteiger partial charge in [-0.15, -0.1) is 0 Å². The minimum atomic E-state index is -0.319. The molecule has 1 saturated heterocycles. The molecule has 13 aliphatic carbocycles. The summed E-state index contributed by atoms with van der Waals surface area (Å²) in [6, 6.07) is 30.7. The van der Waals surface area contributed by atoms with Crippen molar-refractivity contribution in [2.45, 2.75) is 351 Å². The Labute approximate surface area is 677 Å². The summed E-state index contributed by atoms with van der Waals surface area (Å²) in [5.74, 6) is 16.5. The van der Waals surface area contributed by atoms with E-state index in [1.165, 1.54) is 163 Å². The zero-order valence-electron chi connectivity index (χ0n) is 71.6. The fraction of sp³-hybridized carbons (Fsp3) is 0.732. The predicted molar refractivity (Wildman–Crippen MR) is 459 cm³/mol. The minimum absolute atomic E-state index is 0.0706. The first-order valence-electron chi connectivity index (χ1n) is 44.9.